The first-order chi connectivity index (χ1) is 9.63. The Morgan fingerprint density at radius 2 is 2.10 bits per heavy atom. The SMILES string of the molecule is O=C1CCc2ccc(F)cc2N1Cc1cncc(Br)c1. The second kappa shape index (κ2) is 5.32. The predicted molar refractivity (Wildman–Crippen MR) is 77.8 cm³/mol. The second-order valence-corrected chi connectivity index (χ2v) is 5.68. The molecule has 2 heterocycles. The lowest BCUT2D eigenvalue weighted by Gasteiger charge is -2.29. The smallest absolute Gasteiger partial charge is 0.227 e. The van der Waals surface area contributed by atoms with Crippen LogP contribution in [0.4, 0.5) is 10.1 Å². The molecule has 1 aliphatic heterocycles. The number of aromatic nitrogens is 1. The van der Waals surface area contributed by atoms with Crippen LogP contribution in [-0.2, 0) is 17.8 Å². The number of hydrogen-bond acceptors (Lipinski definition) is 2. The van der Waals surface area contributed by atoms with Gasteiger partial charge in [-0.1, -0.05) is 6.07 Å². The molecule has 1 aromatic carbocycles. The van der Waals surface area contributed by atoms with Crippen LogP contribution < -0.4 is 4.90 Å². The zero-order chi connectivity index (χ0) is 14.1. The first-order valence-electron chi connectivity index (χ1n) is 6.32. The van der Waals surface area contributed by atoms with Crippen LogP contribution in [0.3, 0.4) is 0 Å². The van der Waals surface area contributed by atoms with Crippen molar-refractivity contribution >= 4 is 27.5 Å². The van der Waals surface area contributed by atoms with E-state index in [-0.39, 0.29) is 11.7 Å². The van der Waals surface area contributed by atoms with Gasteiger partial charge < -0.3 is 4.90 Å². The molecule has 0 unspecified atom stereocenters. The lowest BCUT2D eigenvalue weighted by atomic mass is 10.0. The summed E-state index contributed by atoms with van der Waals surface area (Å²) in [7, 11) is 0. The summed E-state index contributed by atoms with van der Waals surface area (Å²) in [6.07, 6.45) is 4.53. The van der Waals surface area contributed by atoms with Crippen molar-refractivity contribution in [3.63, 3.8) is 0 Å². The molecule has 3 rings (SSSR count). The normalized spacial score (nSPS) is 14.3. The zero-order valence-electron chi connectivity index (χ0n) is 10.6. The van der Waals surface area contributed by atoms with E-state index in [4.69, 9.17) is 0 Å². The van der Waals surface area contributed by atoms with Crippen molar-refractivity contribution in [3.05, 3.63) is 58.1 Å². The maximum Gasteiger partial charge on any atom is 0.227 e. The summed E-state index contributed by atoms with van der Waals surface area (Å²) in [6.45, 7) is 0.404. The number of rotatable bonds is 2. The Hall–Kier alpha value is -1.75. The van der Waals surface area contributed by atoms with Crippen molar-refractivity contribution in [1.82, 2.24) is 4.98 Å². The highest BCUT2D eigenvalue weighted by molar-refractivity contribution is 9.10. The van der Waals surface area contributed by atoms with E-state index in [1.165, 1.54) is 12.1 Å². The van der Waals surface area contributed by atoms with Gasteiger partial charge in [-0.25, -0.2) is 4.39 Å². The third kappa shape index (κ3) is 2.58. The molecular formula is C15H12BrFN2O. The Bertz CT molecular complexity index is 675. The van der Waals surface area contributed by atoms with E-state index in [0.29, 0.717) is 25.1 Å². The summed E-state index contributed by atoms with van der Waals surface area (Å²) in [5.41, 5.74) is 2.58. The number of pyridine rings is 1. The van der Waals surface area contributed by atoms with Gasteiger partial charge in [0.1, 0.15) is 5.82 Å². The summed E-state index contributed by atoms with van der Waals surface area (Å²) >= 11 is 3.36. The molecule has 0 spiro atoms. The molecule has 20 heavy (non-hydrogen) atoms. The Labute approximate surface area is 124 Å². The summed E-state index contributed by atoms with van der Waals surface area (Å²) < 4.78 is 14.3. The molecule has 0 aliphatic carbocycles. The average Bonchev–Trinajstić information content (AvgIpc) is 2.42. The third-order valence-electron chi connectivity index (χ3n) is 3.35. The molecule has 1 aliphatic rings. The predicted octanol–water partition coefficient (Wildman–Crippen LogP) is 3.46. The summed E-state index contributed by atoms with van der Waals surface area (Å²) in [4.78, 5) is 17.8. The third-order valence-corrected chi connectivity index (χ3v) is 3.78. The van der Waals surface area contributed by atoms with Crippen molar-refractivity contribution in [3.8, 4) is 0 Å². The molecule has 1 amide bonds. The van der Waals surface area contributed by atoms with Crippen molar-refractivity contribution in [2.24, 2.45) is 0 Å². The van der Waals surface area contributed by atoms with E-state index in [9.17, 15) is 9.18 Å². The molecule has 1 aromatic heterocycles. The molecular weight excluding hydrogens is 323 g/mol. The molecule has 0 saturated carbocycles. The summed E-state index contributed by atoms with van der Waals surface area (Å²) in [5.74, 6) is -0.307. The van der Waals surface area contributed by atoms with Crippen LogP contribution in [0.5, 0.6) is 0 Å². The highest BCUT2D eigenvalue weighted by atomic mass is 79.9. The Morgan fingerprint density at radius 3 is 2.90 bits per heavy atom. The van der Waals surface area contributed by atoms with Crippen LogP contribution in [0.25, 0.3) is 0 Å². The van der Waals surface area contributed by atoms with Crippen molar-refractivity contribution in [2.45, 2.75) is 19.4 Å². The number of aryl methyl sites for hydroxylation is 1. The van der Waals surface area contributed by atoms with Gasteiger partial charge in [-0.15, -0.1) is 0 Å². The molecule has 0 radical (unpaired) electrons. The number of carbonyl (C=O) groups is 1. The largest absolute Gasteiger partial charge is 0.308 e. The van der Waals surface area contributed by atoms with Crippen LogP contribution in [0.15, 0.2) is 41.1 Å². The van der Waals surface area contributed by atoms with Crippen molar-refractivity contribution < 1.29 is 9.18 Å². The molecule has 0 saturated heterocycles. The maximum absolute atomic E-state index is 13.4. The minimum atomic E-state index is -0.323. The minimum absolute atomic E-state index is 0.0167. The Morgan fingerprint density at radius 1 is 1.25 bits per heavy atom. The fourth-order valence-electron chi connectivity index (χ4n) is 2.41. The number of halogens is 2. The van der Waals surface area contributed by atoms with E-state index < -0.39 is 0 Å². The molecule has 0 fully saturated rings. The number of anilines is 1. The van der Waals surface area contributed by atoms with Crippen molar-refractivity contribution in [1.29, 1.82) is 0 Å². The number of nitrogens with zero attached hydrogens (tertiary/aromatic N) is 2. The van der Waals surface area contributed by atoms with Crippen LogP contribution in [0, 0.1) is 5.82 Å². The summed E-state index contributed by atoms with van der Waals surface area (Å²) in [5, 5.41) is 0. The fraction of sp³-hybridized carbons (Fsp3) is 0.200. The van der Waals surface area contributed by atoms with Crippen LogP contribution >= 0.6 is 15.9 Å². The fourth-order valence-corrected chi connectivity index (χ4v) is 2.82. The Kier molecular flexibility index (Phi) is 3.53. The highest BCUT2D eigenvalue weighted by Gasteiger charge is 2.24. The molecule has 3 nitrogen and oxygen atoms in total. The Balaban J connectivity index is 1.97. The second-order valence-electron chi connectivity index (χ2n) is 4.76. The van der Waals surface area contributed by atoms with Gasteiger partial charge in [0.15, 0.2) is 0 Å². The van der Waals surface area contributed by atoms with Crippen LogP contribution in [0.2, 0.25) is 0 Å². The lowest BCUT2D eigenvalue weighted by molar-refractivity contribution is -0.119. The van der Waals surface area contributed by atoms with Gasteiger partial charge in [-0.2, -0.15) is 0 Å². The topological polar surface area (TPSA) is 33.2 Å². The quantitative estimate of drug-likeness (QED) is 0.842. The number of carbonyl (C=O) groups excluding carboxylic acids is 1. The monoisotopic (exact) mass is 334 g/mol. The van der Waals surface area contributed by atoms with Gasteiger partial charge in [0.2, 0.25) is 5.91 Å². The summed E-state index contributed by atoms with van der Waals surface area (Å²) in [6, 6.07) is 6.53. The molecule has 2 aromatic rings. The van der Waals surface area contributed by atoms with E-state index in [1.54, 1.807) is 23.4 Å². The van der Waals surface area contributed by atoms with Gasteiger partial charge in [0, 0.05) is 23.3 Å². The van der Waals surface area contributed by atoms with Gasteiger partial charge >= 0.3 is 0 Å². The molecule has 102 valence electrons. The van der Waals surface area contributed by atoms with Gasteiger partial charge in [0.25, 0.3) is 0 Å². The molecule has 0 atom stereocenters. The first-order valence-corrected chi connectivity index (χ1v) is 7.11. The molecule has 0 bridgehead atoms. The van der Waals surface area contributed by atoms with Crippen molar-refractivity contribution in [2.75, 3.05) is 4.90 Å². The maximum atomic E-state index is 13.4. The lowest BCUT2D eigenvalue weighted by Crippen LogP contribution is -2.34. The number of amides is 1. The van der Waals surface area contributed by atoms with Crippen LogP contribution in [-0.4, -0.2) is 10.9 Å². The number of fused-ring (bicyclic) bond motifs is 1. The highest BCUT2D eigenvalue weighted by Crippen LogP contribution is 2.30. The molecule has 5 heteroatoms. The van der Waals surface area contributed by atoms with E-state index in [1.807, 2.05) is 6.07 Å². The van der Waals surface area contributed by atoms with E-state index in [2.05, 4.69) is 20.9 Å². The number of benzene rings is 1. The van der Waals surface area contributed by atoms with E-state index in [0.717, 1.165) is 15.6 Å². The first kappa shape index (κ1) is 13.2. The van der Waals surface area contributed by atoms with Gasteiger partial charge in [0.05, 0.1) is 12.2 Å². The molecule has 0 N–H and O–H groups in total. The number of hydrogen-bond donors (Lipinski definition) is 0. The average molecular weight is 335 g/mol. The van der Waals surface area contributed by atoms with Gasteiger partial charge in [-0.05, 0) is 51.7 Å². The standard InChI is InChI=1S/C15H12BrFN2O/c16-12-5-10(7-18-8-12)9-19-14-6-13(17)3-1-11(14)2-4-15(19)20/h1,3,5-8H,2,4,9H2. The van der Waals surface area contributed by atoms with Gasteiger partial charge in [-0.3, -0.25) is 9.78 Å². The van der Waals surface area contributed by atoms with Crippen LogP contribution in [0.1, 0.15) is 17.5 Å². The minimum Gasteiger partial charge on any atom is -0.308 e. The van der Waals surface area contributed by atoms with E-state index >= 15 is 0 Å². The zero-order valence-corrected chi connectivity index (χ0v) is 12.2.